The van der Waals surface area contributed by atoms with Gasteiger partial charge in [-0.3, -0.25) is 9.58 Å². The number of aryl methyl sites for hydroxylation is 1. The van der Waals surface area contributed by atoms with E-state index in [-0.39, 0.29) is 6.04 Å². The largest absolute Gasteiger partial charge is 0.329 e. The Morgan fingerprint density at radius 1 is 1.53 bits per heavy atom. The number of hydrogen-bond acceptors (Lipinski definition) is 4. The molecule has 2 N–H and O–H groups in total. The highest BCUT2D eigenvalue weighted by atomic mass is 32.1. The number of rotatable bonds is 6. The highest BCUT2D eigenvalue weighted by Crippen LogP contribution is 2.22. The van der Waals surface area contributed by atoms with Crippen LogP contribution in [-0.4, -0.2) is 34.8 Å². The van der Waals surface area contributed by atoms with Crippen LogP contribution in [0.25, 0.3) is 0 Å². The number of nitrogens with zero attached hydrogens (tertiary/aromatic N) is 3. The molecule has 0 aromatic carbocycles. The molecule has 0 aliphatic rings. The lowest BCUT2D eigenvalue weighted by Gasteiger charge is -2.26. The van der Waals surface area contributed by atoms with Crippen molar-refractivity contribution in [3.05, 3.63) is 39.8 Å². The van der Waals surface area contributed by atoms with Gasteiger partial charge in [0.25, 0.3) is 0 Å². The number of likely N-dealkylation sites (N-methyl/N-ethyl adjacent to an activating group) is 1. The summed E-state index contributed by atoms with van der Waals surface area (Å²) in [6, 6.07) is 4.53. The fourth-order valence-corrected chi connectivity index (χ4v) is 2.98. The molecule has 0 saturated heterocycles. The van der Waals surface area contributed by atoms with E-state index in [1.54, 1.807) is 0 Å². The van der Waals surface area contributed by atoms with Gasteiger partial charge in [-0.1, -0.05) is 6.07 Å². The van der Waals surface area contributed by atoms with Gasteiger partial charge in [0.15, 0.2) is 0 Å². The van der Waals surface area contributed by atoms with Crippen molar-refractivity contribution in [3.8, 4) is 0 Å². The molecule has 0 fully saturated rings. The van der Waals surface area contributed by atoms with Crippen LogP contribution in [0.2, 0.25) is 0 Å². The van der Waals surface area contributed by atoms with Crippen LogP contribution in [0.3, 0.4) is 0 Å². The third-order valence-corrected chi connectivity index (χ3v) is 4.61. The number of aromatic nitrogens is 2. The summed E-state index contributed by atoms with van der Waals surface area (Å²) in [6.45, 7) is 3.72. The van der Waals surface area contributed by atoms with Gasteiger partial charge in [0.2, 0.25) is 0 Å². The predicted molar refractivity (Wildman–Crippen MR) is 80.4 cm³/mol. The first-order valence-electron chi connectivity index (χ1n) is 6.54. The summed E-state index contributed by atoms with van der Waals surface area (Å²) in [4.78, 5) is 3.74. The van der Waals surface area contributed by atoms with E-state index < -0.39 is 0 Å². The number of hydrogen-bond donors (Lipinski definition) is 1. The first-order valence-corrected chi connectivity index (χ1v) is 7.42. The topological polar surface area (TPSA) is 47.1 Å². The smallest absolute Gasteiger partial charge is 0.0540 e. The molecule has 0 saturated carbocycles. The molecule has 0 aliphatic heterocycles. The Morgan fingerprint density at radius 2 is 2.32 bits per heavy atom. The average Bonchev–Trinajstić information content (AvgIpc) is 3.02. The third-order valence-electron chi connectivity index (χ3n) is 3.68. The van der Waals surface area contributed by atoms with Gasteiger partial charge < -0.3 is 5.73 Å². The molecule has 0 bridgehead atoms. The van der Waals surface area contributed by atoms with E-state index >= 15 is 0 Å². The second kappa shape index (κ2) is 6.32. The van der Waals surface area contributed by atoms with Gasteiger partial charge in [-0.2, -0.15) is 5.10 Å². The van der Waals surface area contributed by atoms with Gasteiger partial charge in [-0.25, -0.2) is 0 Å². The molecular weight excluding hydrogens is 256 g/mol. The molecule has 19 heavy (non-hydrogen) atoms. The van der Waals surface area contributed by atoms with Crippen molar-refractivity contribution in [2.75, 3.05) is 20.1 Å². The van der Waals surface area contributed by atoms with Crippen LogP contribution in [0.15, 0.2) is 23.7 Å². The zero-order valence-corrected chi connectivity index (χ0v) is 12.7. The third kappa shape index (κ3) is 3.23. The Labute approximate surface area is 118 Å². The van der Waals surface area contributed by atoms with E-state index in [1.165, 1.54) is 16.1 Å². The van der Waals surface area contributed by atoms with Gasteiger partial charge in [-0.05, 0) is 31.8 Å². The second-order valence-corrected chi connectivity index (χ2v) is 5.90. The van der Waals surface area contributed by atoms with Crippen molar-refractivity contribution in [2.45, 2.75) is 19.4 Å². The summed E-state index contributed by atoms with van der Waals surface area (Å²) >= 11 is 1.81. The summed E-state index contributed by atoms with van der Waals surface area (Å²) in [5.74, 6) is 0. The molecule has 2 aromatic rings. The Morgan fingerprint density at radius 3 is 2.84 bits per heavy atom. The summed E-state index contributed by atoms with van der Waals surface area (Å²) in [5, 5.41) is 6.44. The van der Waals surface area contributed by atoms with E-state index in [1.807, 2.05) is 29.3 Å². The van der Waals surface area contributed by atoms with Crippen LogP contribution in [-0.2, 0) is 13.5 Å². The molecule has 0 radical (unpaired) electrons. The van der Waals surface area contributed by atoms with Crippen molar-refractivity contribution in [1.82, 2.24) is 14.7 Å². The SMILES string of the molecule is Cc1c(C(CN)N(C)CCc2cccs2)cnn1C. The predicted octanol–water partition coefficient (Wildman–Crippen LogP) is 1.96. The first kappa shape index (κ1) is 14.2. The van der Waals surface area contributed by atoms with Crippen LogP contribution in [0, 0.1) is 6.92 Å². The Bertz CT molecular complexity index is 504. The average molecular weight is 278 g/mol. The Balaban J connectivity index is 2.02. The van der Waals surface area contributed by atoms with Crippen LogP contribution >= 0.6 is 11.3 Å². The fraction of sp³-hybridized carbons (Fsp3) is 0.500. The van der Waals surface area contributed by atoms with Crippen LogP contribution < -0.4 is 5.73 Å². The van der Waals surface area contributed by atoms with E-state index in [0.717, 1.165) is 13.0 Å². The molecule has 2 aromatic heterocycles. The minimum absolute atomic E-state index is 0.244. The minimum atomic E-state index is 0.244. The quantitative estimate of drug-likeness (QED) is 0.878. The normalized spacial score (nSPS) is 13.1. The first-order chi connectivity index (χ1) is 9.13. The molecule has 1 unspecified atom stereocenters. The monoisotopic (exact) mass is 278 g/mol. The van der Waals surface area contributed by atoms with Gasteiger partial charge >= 0.3 is 0 Å². The fourth-order valence-electron chi connectivity index (χ4n) is 2.28. The Hall–Kier alpha value is -1.17. The zero-order valence-electron chi connectivity index (χ0n) is 11.8. The van der Waals surface area contributed by atoms with Crippen molar-refractivity contribution in [3.63, 3.8) is 0 Å². The van der Waals surface area contributed by atoms with Crippen molar-refractivity contribution in [2.24, 2.45) is 12.8 Å². The van der Waals surface area contributed by atoms with E-state index in [9.17, 15) is 0 Å². The summed E-state index contributed by atoms with van der Waals surface area (Å²) in [6.07, 6.45) is 3.01. The van der Waals surface area contributed by atoms with Crippen LogP contribution in [0.5, 0.6) is 0 Å². The van der Waals surface area contributed by atoms with Gasteiger partial charge in [0.05, 0.1) is 12.2 Å². The van der Waals surface area contributed by atoms with Gasteiger partial charge in [0.1, 0.15) is 0 Å². The lowest BCUT2D eigenvalue weighted by molar-refractivity contribution is 0.253. The highest BCUT2D eigenvalue weighted by Gasteiger charge is 2.19. The second-order valence-electron chi connectivity index (χ2n) is 4.87. The zero-order chi connectivity index (χ0) is 13.8. The maximum atomic E-state index is 5.96. The summed E-state index contributed by atoms with van der Waals surface area (Å²) in [7, 11) is 4.11. The molecule has 104 valence electrons. The maximum absolute atomic E-state index is 5.96. The van der Waals surface area contributed by atoms with E-state index in [0.29, 0.717) is 6.54 Å². The van der Waals surface area contributed by atoms with Crippen molar-refractivity contribution < 1.29 is 0 Å². The van der Waals surface area contributed by atoms with Gasteiger partial charge in [-0.15, -0.1) is 11.3 Å². The minimum Gasteiger partial charge on any atom is -0.329 e. The lowest BCUT2D eigenvalue weighted by atomic mass is 10.1. The lowest BCUT2D eigenvalue weighted by Crippen LogP contribution is -2.32. The number of nitrogens with two attached hydrogens (primary N) is 1. The Kier molecular flexibility index (Phi) is 4.74. The molecule has 0 aliphatic carbocycles. The standard InChI is InChI=1S/C14H22N4S/c1-11-13(10-16-18(11)3)14(9-15)17(2)7-6-12-5-4-8-19-12/h4-5,8,10,14H,6-7,9,15H2,1-3H3. The van der Waals surface area contributed by atoms with Crippen molar-refractivity contribution >= 4 is 11.3 Å². The molecule has 2 rings (SSSR count). The molecule has 4 nitrogen and oxygen atoms in total. The molecule has 2 heterocycles. The molecule has 5 heteroatoms. The van der Waals surface area contributed by atoms with Crippen LogP contribution in [0.4, 0.5) is 0 Å². The molecular formula is C14H22N4S. The maximum Gasteiger partial charge on any atom is 0.0540 e. The molecule has 1 atom stereocenters. The van der Waals surface area contributed by atoms with Crippen LogP contribution in [0.1, 0.15) is 22.2 Å². The van der Waals surface area contributed by atoms with Gasteiger partial charge in [0, 0.05) is 36.3 Å². The summed E-state index contributed by atoms with van der Waals surface area (Å²) in [5.41, 5.74) is 8.38. The van der Waals surface area contributed by atoms with E-state index in [2.05, 4.69) is 41.5 Å². The molecule has 0 amide bonds. The van der Waals surface area contributed by atoms with E-state index in [4.69, 9.17) is 5.73 Å². The highest BCUT2D eigenvalue weighted by molar-refractivity contribution is 7.09. The summed E-state index contributed by atoms with van der Waals surface area (Å²) < 4.78 is 1.91. The number of thiophene rings is 1. The molecule has 0 spiro atoms. The van der Waals surface area contributed by atoms with Crippen molar-refractivity contribution in [1.29, 1.82) is 0 Å².